The molecule has 1 spiro atoms. The van der Waals surface area contributed by atoms with Gasteiger partial charge in [-0.1, -0.05) is 52.6 Å². The number of alkyl halides is 2. The number of epoxide rings is 1. The summed E-state index contributed by atoms with van der Waals surface area (Å²) >= 11 is 7.84. The minimum absolute atomic E-state index is 0.0963. The van der Waals surface area contributed by atoms with Gasteiger partial charge in [-0.3, -0.25) is 0 Å². The van der Waals surface area contributed by atoms with Gasteiger partial charge in [0.1, 0.15) is 0 Å². The summed E-state index contributed by atoms with van der Waals surface area (Å²) < 4.78 is 6.49. The zero-order chi connectivity index (χ0) is 17.5. The molecule has 4 fully saturated rings. The normalized spacial score (nSPS) is 59.4. The predicted molar refractivity (Wildman–Crippen MR) is 105 cm³/mol. The Morgan fingerprint density at radius 3 is 2.25 bits per heavy atom. The summed E-state index contributed by atoms with van der Waals surface area (Å²) in [5.74, 6) is 0.880. The van der Waals surface area contributed by atoms with Crippen molar-refractivity contribution in [2.75, 3.05) is 0 Å². The predicted octanol–water partition coefficient (Wildman–Crippen LogP) is 5.44. The molecule has 3 aliphatic carbocycles. The molecular formula is C20H32Br2O2. The Hall–Kier alpha value is 0.880. The molecule has 1 aliphatic heterocycles. The molecule has 0 aromatic heterocycles. The first-order chi connectivity index (χ1) is 11.0. The molecule has 138 valence electrons. The SMILES string of the molecule is CC1(C)CC2(CCC1Br)OC2C1CCC2(C)C(Br)CCC(C)(O)C12. The van der Waals surface area contributed by atoms with Gasteiger partial charge in [0.2, 0.25) is 0 Å². The van der Waals surface area contributed by atoms with Crippen molar-refractivity contribution in [2.45, 2.75) is 99.6 Å². The van der Waals surface area contributed by atoms with E-state index in [4.69, 9.17) is 4.74 Å². The first kappa shape index (κ1) is 18.3. The van der Waals surface area contributed by atoms with E-state index in [0.717, 1.165) is 19.3 Å². The van der Waals surface area contributed by atoms with Gasteiger partial charge in [0, 0.05) is 9.65 Å². The molecule has 8 unspecified atom stereocenters. The summed E-state index contributed by atoms with van der Waals surface area (Å²) in [6.45, 7) is 9.23. The lowest BCUT2D eigenvalue weighted by Crippen LogP contribution is -2.53. The summed E-state index contributed by atoms with van der Waals surface area (Å²) in [7, 11) is 0. The second-order valence-electron chi connectivity index (χ2n) is 10.3. The van der Waals surface area contributed by atoms with E-state index in [2.05, 4.69) is 59.6 Å². The Labute approximate surface area is 163 Å². The third-order valence-corrected chi connectivity index (χ3v) is 11.3. The first-order valence-electron chi connectivity index (χ1n) is 9.70. The van der Waals surface area contributed by atoms with Gasteiger partial charge in [0.15, 0.2) is 0 Å². The van der Waals surface area contributed by atoms with Gasteiger partial charge in [-0.05, 0) is 74.5 Å². The molecule has 0 bridgehead atoms. The van der Waals surface area contributed by atoms with Gasteiger partial charge in [0.05, 0.1) is 17.3 Å². The Kier molecular flexibility index (Phi) is 4.15. The lowest BCUT2D eigenvalue weighted by Gasteiger charge is -2.51. The van der Waals surface area contributed by atoms with Gasteiger partial charge >= 0.3 is 0 Å². The fraction of sp³-hybridized carbons (Fsp3) is 1.00. The van der Waals surface area contributed by atoms with Crippen LogP contribution in [0.25, 0.3) is 0 Å². The monoisotopic (exact) mass is 462 g/mol. The van der Waals surface area contributed by atoms with Crippen molar-refractivity contribution in [1.82, 2.24) is 0 Å². The number of hydrogen-bond donors (Lipinski definition) is 1. The van der Waals surface area contributed by atoms with Gasteiger partial charge in [-0.2, -0.15) is 0 Å². The molecule has 3 saturated carbocycles. The number of hydrogen-bond acceptors (Lipinski definition) is 2. The molecule has 8 atom stereocenters. The van der Waals surface area contributed by atoms with Crippen LogP contribution in [0.5, 0.6) is 0 Å². The largest absolute Gasteiger partial charge is 0.390 e. The van der Waals surface area contributed by atoms with Crippen molar-refractivity contribution < 1.29 is 9.84 Å². The molecule has 24 heavy (non-hydrogen) atoms. The molecule has 4 aliphatic rings. The van der Waals surface area contributed by atoms with E-state index in [1.807, 2.05) is 0 Å². The molecule has 2 nitrogen and oxygen atoms in total. The molecule has 4 rings (SSSR count). The Morgan fingerprint density at radius 2 is 1.58 bits per heavy atom. The van der Waals surface area contributed by atoms with Crippen LogP contribution in [-0.2, 0) is 4.74 Å². The first-order valence-corrected chi connectivity index (χ1v) is 11.5. The van der Waals surface area contributed by atoms with Crippen LogP contribution in [-0.4, -0.2) is 32.1 Å². The summed E-state index contributed by atoms with van der Waals surface area (Å²) in [5, 5.41) is 11.2. The van der Waals surface area contributed by atoms with E-state index in [0.29, 0.717) is 33.0 Å². The van der Waals surface area contributed by atoms with Crippen molar-refractivity contribution in [1.29, 1.82) is 0 Å². The second kappa shape index (κ2) is 5.45. The zero-order valence-electron chi connectivity index (χ0n) is 15.4. The van der Waals surface area contributed by atoms with Crippen LogP contribution in [0.15, 0.2) is 0 Å². The third kappa shape index (κ3) is 2.52. The molecule has 0 aromatic carbocycles. The Morgan fingerprint density at radius 1 is 0.917 bits per heavy atom. The van der Waals surface area contributed by atoms with Crippen LogP contribution < -0.4 is 0 Å². The molecular weight excluding hydrogens is 432 g/mol. The van der Waals surface area contributed by atoms with Crippen molar-refractivity contribution in [2.24, 2.45) is 22.7 Å². The molecule has 0 radical (unpaired) electrons. The van der Waals surface area contributed by atoms with Crippen LogP contribution in [0.3, 0.4) is 0 Å². The van der Waals surface area contributed by atoms with E-state index in [-0.39, 0.29) is 11.0 Å². The Balaban J connectivity index is 1.58. The molecule has 0 amide bonds. The second-order valence-corrected chi connectivity index (χ2v) is 12.5. The molecule has 1 saturated heterocycles. The van der Waals surface area contributed by atoms with E-state index in [1.165, 1.54) is 25.7 Å². The van der Waals surface area contributed by atoms with Crippen molar-refractivity contribution in [3.8, 4) is 0 Å². The summed E-state index contributed by atoms with van der Waals surface area (Å²) in [4.78, 5) is 1.13. The van der Waals surface area contributed by atoms with E-state index >= 15 is 0 Å². The van der Waals surface area contributed by atoms with Crippen LogP contribution in [0.1, 0.15) is 72.6 Å². The highest BCUT2D eigenvalue weighted by Crippen LogP contribution is 2.67. The van der Waals surface area contributed by atoms with Crippen molar-refractivity contribution >= 4 is 31.9 Å². The standard InChI is InChI=1S/C20H32Br2O2/c1-17(2)11-20(10-7-13(17)21)16(24-20)12-5-8-18(3)14(22)6-9-19(4,23)15(12)18/h12-16,23H,5-11H2,1-4H3. The van der Waals surface area contributed by atoms with Gasteiger partial charge < -0.3 is 9.84 Å². The summed E-state index contributed by atoms with van der Waals surface area (Å²) in [6, 6.07) is 0. The number of halogens is 2. The van der Waals surface area contributed by atoms with Crippen molar-refractivity contribution in [3.05, 3.63) is 0 Å². The number of aliphatic hydroxyl groups is 1. The van der Waals surface area contributed by atoms with Crippen LogP contribution in [0, 0.1) is 22.7 Å². The van der Waals surface area contributed by atoms with Gasteiger partial charge in [-0.15, -0.1) is 0 Å². The fourth-order valence-electron chi connectivity index (χ4n) is 6.81. The maximum Gasteiger partial charge on any atom is 0.0957 e. The Bertz CT molecular complexity index is 534. The fourth-order valence-corrected chi connectivity index (χ4v) is 7.95. The van der Waals surface area contributed by atoms with Crippen LogP contribution >= 0.6 is 31.9 Å². The molecule has 1 N–H and O–H groups in total. The average Bonchev–Trinajstić information content (AvgIpc) is 3.01. The minimum atomic E-state index is -0.546. The smallest absolute Gasteiger partial charge is 0.0957 e. The minimum Gasteiger partial charge on any atom is -0.390 e. The van der Waals surface area contributed by atoms with Crippen LogP contribution in [0.4, 0.5) is 0 Å². The highest BCUT2D eigenvalue weighted by Gasteiger charge is 2.69. The molecule has 4 heteroatoms. The van der Waals surface area contributed by atoms with Gasteiger partial charge in [-0.25, -0.2) is 0 Å². The zero-order valence-corrected chi connectivity index (χ0v) is 18.6. The molecule has 0 aromatic rings. The number of rotatable bonds is 1. The quantitative estimate of drug-likeness (QED) is 0.414. The topological polar surface area (TPSA) is 32.8 Å². The van der Waals surface area contributed by atoms with Crippen LogP contribution in [0.2, 0.25) is 0 Å². The third-order valence-electron chi connectivity index (χ3n) is 8.08. The number of ether oxygens (including phenoxy) is 1. The molecule has 1 heterocycles. The lowest BCUT2D eigenvalue weighted by atomic mass is 9.59. The van der Waals surface area contributed by atoms with E-state index < -0.39 is 5.60 Å². The highest BCUT2D eigenvalue weighted by molar-refractivity contribution is 9.09. The maximum atomic E-state index is 11.2. The van der Waals surface area contributed by atoms with Crippen molar-refractivity contribution in [3.63, 3.8) is 0 Å². The number of fused-ring (bicyclic) bond motifs is 1. The highest BCUT2D eigenvalue weighted by atomic mass is 79.9. The lowest BCUT2D eigenvalue weighted by molar-refractivity contribution is -0.0959. The van der Waals surface area contributed by atoms with E-state index in [1.54, 1.807) is 0 Å². The summed E-state index contributed by atoms with van der Waals surface area (Å²) in [5.41, 5.74) is 0.0537. The average molecular weight is 464 g/mol. The van der Waals surface area contributed by atoms with E-state index in [9.17, 15) is 5.11 Å². The maximum absolute atomic E-state index is 11.2. The van der Waals surface area contributed by atoms with Gasteiger partial charge in [0.25, 0.3) is 0 Å². The summed E-state index contributed by atoms with van der Waals surface area (Å²) in [6.07, 6.45) is 8.33.